The molecule has 0 heterocycles. The standard InChI is InChI=1S/C20H33FO/c1-2-3-4-5-16-22-20-14-10-18(11-15-20)7-6-17-8-12-19(21)13-9-17/h17-20H,2-5,8-16H2,1H3. The smallest absolute Gasteiger partial charge is 0.100 e. The molecule has 2 aliphatic carbocycles. The summed E-state index contributed by atoms with van der Waals surface area (Å²) in [6.07, 6.45) is 13.1. The molecular formula is C20H33FO. The molecule has 0 aliphatic heterocycles. The van der Waals surface area contributed by atoms with Crippen LogP contribution in [-0.2, 0) is 4.74 Å². The van der Waals surface area contributed by atoms with Crippen LogP contribution >= 0.6 is 0 Å². The zero-order chi connectivity index (χ0) is 15.6. The van der Waals surface area contributed by atoms with Crippen molar-refractivity contribution in [3.8, 4) is 11.8 Å². The lowest BCUT2D eigenvalue weighted by Crippen LogP contribution is -2.21. The number of ether oxygens (including phenoxy) is 1. The van der Waals surface area contributed by atoms with E-state index in [1.807, 2.05) is 0 Å². The van der Waals surface area contributed by atoms with Gasteiger partial charge in [-0.05, 0) is 57.8 Å². The van der Waals surface area contributed by atoms with E-state index in [0.29, 0.717) is 17.9 Å². The number of rotatable bonds is 6. The predicted molar refractivity (Wildman–Crippen MR) is 90.5 cm³/mol. The molecule has 2 saturated carbocycles. The molecule has 0 atom stereocenters. The van der Waals surface area contributed by atoms with Gasteiger partial charge in [-0.25, -0.2) is 4.39 Å². The van der Waals surface area contributed by atoms with E-state index in [1.54, 1.807) is 0 Å². The van der Waals surface area contributed by atoms with Crippen LogP contribution in [0, 0.1) is 23.7 Å². The molecule has 2 fully saturated rings. The van der Waals surface area contributed by atoms with Crippen LogP contribution in [-0.4, -0.2) is 18.9 Å². The molecule has 0 saturated heterocycles. The second-order valence-electron chi connectivity index (χ2n) is 7.14. The summed E-state index contributed by atoms with van der Waals surface area (Å²) < 4.78 is 19.1. The lowest BCUT2D eigenvalue weighted by atomic mass is 9.85. The molecule has 22 heavy (non-hydrogen) atoms. The van der Waals surface area contributed by atoms with Crippen molar-refractivity contribution < 1.29 is 9.13 Å². The highest BCUT2D eigenvalue weighted by molar-refractivity contribution is 5.09. The van der Waals surface area contributed by atoms with E-state index in [-0.39, 0.29) is 0 Å². The Morgan fingerprint density at radius 2 is 1.41 bits per heavy atom. The van der Waals surface area contributed by atoms with E-state index in [9.17, 15) is 4.39 Å². The summed E-state index contributed by atoms with van der Waals surface area (Å²) in [5.41, 5.74) is 0. The van der Waals surface area contributed by atoms with Crippen molar-refractivity contribution in [2.75, 3.05) is 6.61 Å². The Kier molecular flexibility index (Phi) is 8.31. The van der Waals surface area contributed by atoms with Gasteiger partial charge in [0.05, 0.1) is 6.10 Å². The van der Waals surface area contributed by atoms with Gasteiger partial charge >= 0.3 is 0 Å². The third-order valence-electron chi connectivity index (χ3n) is 5.17. The van der Waals surface area contributed by atoms with Gasteiger partial charge in [0.15, 0.2) is 0 Å². The first kappa shape index (κ1) is 17.8. The minimum Gasteiger partial charge on any atom is -0.378 e. The lowest BCUT2D eigenvalue weighted by molar-refractivity contribution is 0.0210. The lowest BCUT2D eigenvalue weighted by Gasteiger charge is -2.26. The monoisotopic (exact) mass is 308 g/mol. The van der Waals surface area contributed by atoms with Gasteiger partial charge in [0, 0.05) is 18.4 Å². The molecule has 0 amide bonds. The summed E-state index contributed by atoms with van der Waals surface area (Å²) in [5.74, 6) is 7.93. The SMILES string of the molecule is CCCCCCOC1CCC(C#CC2CCC(F)CC2)CC1. The molecule has 126 valence electrons. The maximum absolute atomic E-state index is 13.1. The van der Waals surface area contributed by atoms with Crippen LogP contribution in [0.2, 0.25) is 0 Å². The molecule has 0 aromatic rings. The van der Waals surface area contributed by atoms with Crippen LogP contribution in [0.25, 0.3) is 0 Å². The molecule has 2 heteroatoms. The highest BCUT2D eigenvalue weighted by Gasteiger charge is 2.21. The summed E-state index contributed by atoms with van der Waals surface area (Å²) in [5, 5.41) is 0. The second kappa shape index (κ2) is 10.3. The highest BCUT2D eigenvalue weighted by Crippen LogP contribution is 2.28. The van der Waals surface area contributed by atoms with E-state index in [4.69, 9.17) is 4.74 Å². The number of halogens is 1. The Hall–Kier alpha value is -0.550. The highest BCUT2D eigenvalue weighted by atomic mass is 19.1. The van der Waals surface area contributed by atoms with Gasteiger partial charge in [-0.15, -0.1) is 0 Å². The normalized spacial score (nSPS) is 32.3. The maximum atomic E-state index is 13.1. The molecular weight excluding hydrogens is 275 g/mol. The van der Waals surface area contributed by atoms with Crippen LogP contribution in [0.1, 0.15) is 84.0 Å². The topological polar surface area (TPSA) is 9.23 Å². The van der Waals surface area contributed by atoms with Gasteiger partial charge in [-0.3, -0.25) is 0 Å². The fraction of sp³-hybridized carbons (Fsp3) is 0.900. The Bertz CT molecular complexity index is 340. The van der Waals surface area contributed by atoms with Crippen LogP contribution in [0.5, 0.6) is 0 Å². The van der Waals surface area contributed by atoms with Gasteiger partial charge in [0.25, 0.3) is 0 Å². The van der Waals surface area contributed by atoms with Crippen molar-refractivity contribution in [1.82, 2.24) is 0 Å². The Morgan fingerprint density at radius 1 is 0.818 bits per heavy atom. The molecule has 0 spiro atoms. The average Bonchev–Trinajstić information content (AvgIpc) is 2.55. The summed E-state index contributed by atoms with van der Waals surface area (Å²) in [7, 11) is 0. The number of alkyl halides is 1. The number of hydrogen-bond acceptors (Lipinski definition) is 1. The molecule has 0 radical (unpaired) electrons. The summed E-state index contributed by atoms with van der Waals surface area (Å²) in [4.78, 5) is 0. The fourth-order valence-corrected chi connectivity index (χ4v) is 3.59. The van der Waals surface area contributed by atoms with Gasteiger partial charge in [0.2, 0.25) is 0 Å². The summed E-state index contributed by atoms with van der Waals surface area (Å²) >= 11 is 0. The van der Waals surface area contributed by atoms with Gasteiger partial charge in [-0.1, -0.05) is 38.0 Å². The fourth-order valence-electron chi connectivity index (χ4n) is 3.59. The molecule has 0 aromatic heterocycles. The van der Waals surface area contributed by atoms with Crippen LogP contribution in [0.4, 0.5) is 4.39 Å². The maximum Gasteiger partial charge on any atom is 0.100 e. The molecule has 0 bridgehead atoms. The van der Waals surface area contributed by atoms with Crippen molar-refractivity contribution in [2.24, 2.45) is 11.8 Å². The second-order valence-corrected chi connectivity index (χ2v) is 7.14. The first-order chi connectivity index (χ1) is 10.8. The largest absolute Gasteiger partial charge is 0.378 e. The zero-order valence-corrected chi connectivity index (χ0v) is 14.3. The summed E-state index contributed by atoms with van der Waals surface area (Å²) in [6, 6.07) is 0. The predicted octanol–water partition coefficient (Wildman–Crippen LogP) is 5.67. The molecule has 2 aliphatic rings. The summed E-state index contributed by atoms with van der Waals surface area (Å²) in [6.45, 7) is 3.18. The molecule has 0 N–H and O–H groups in total. The van der Waals surface area contributed by atoms with Crippen LogP contribution < -0.4 is 0 Å². The first-order valence-corrected chi connectivity index (χ1v) is 9.54. The number of unbranched alkanes of at least 4 members (excludes halogenated alkanes) is 3. The van der Waals surface area contributed by atoms with E-state index >= 15 is 0 Å². The number of hydrogen-bond donors (Lipinski definition) is 0. The Morgan fingerprint density at radius 3 is 2.00 bits per heavy atom. The van der Waals surface area contributed by atoms with Crippen molar-refractivity contribution in [3.63, 3.8) is 0 Å². The quantitative estimate of drug-likeness (QED) is 0.453. The van der Waals surface area contributed by atoms with Crippen molar-refractivity contribution in [1.29, 1.82) is 0 Å². The Labute approximate surface area is 136 Å². The Balaban J connectivity index is 1.57. The molecule has 0 aromatic carbocycles. The van der Waals surface area contributed by atoms with Crippen molar-refractivity contribution in [3.05, 3.63) is 0 Å². The van der Waals surface area contributed by atoms with Gasteiger partial charge in [-0.2, -0.15) is 0 Å². The van der Waals surface area contributed by atoms with Gasteiger partial charge < -0.3 is 4.74 Å². The third kappa shape index (κ3) is 6.69. The van der Waals surface area contributed by atoms with Crippen molar-refractivity contribution >= 4 is 0 Å². The minimum atomic E-state index is -0.567. The van der Waals surface area contributed by atoms with Crippen LogP contribution in [0.15, 0.2) is 0 Å². The van der Waals surface area contributed by atoms with E-state index < -0.39 is 6.17 Å². The molecule has 1 nitrogen and oxygen atoms in total. The molecule has 0 unspecified atom stereocenters. The van der Waals surface area contributed by atoms with E-state index in [2.05, 4.69) is 18.8 Å². The average molecular weight is 308 g/mol. The third-order valence-corrected chi connectivity index (χ3v) is 5.17. The first-order valence-electron chi connectivity index (χ1n) is 9.54. The zero-order valence-electron chi connectivity index (χ0n) is 14.3. The van der Waals surface area contributed by atoms with Gasteiger partial charge in [0.1, 0.15) is 6.17 Å². The molecule has 2 rings (SSSR count). The van der Waals surface area contributed by atoms with E-state index in [1.165, 1.54) is 51.4 Å². The minimum absolute atomic E-state index is 0.458. The van der Waals surface area contributed by atoms with E-state index in [0.717, 1.165) is 32.3 Å². The van der Waals surface area contributed by atoms with Crippen molar-refractivity contribution in [2.45, 2.75) is 96.2 Å². The van der Waals surface area contributed by atoms with Crippen LogP contribution in [0.3, 0.4) is 0 Å².